The summed E-state index contributed by atoms with van der Waals surface area (Å²) in [6, 6.07) is 29.5. The lowest BCUT2D eigenvalue weighted by molar-refractivity contribution is 0.194. The second kappa shape index (κ2) is 9.88. The summed E-state index contributed by atoms with van der Waals surface area (Å²) < 4.78 is 4.16. The number of halogens is 1. The zero-order valence-corrected chi connectivity index (χ0v) is 22.1. The predicted octanol–water partition coefficient (Wildman–Crippen LogP) is 7.32. The van der Waals surface area contributed by atoms with Crippen LogP contribution in [0.2, 0.25) is 5.02 Å². The Morgan fingerprint density at radius 1 is 0.974 bits per heavy atom. The van der Waals surface area contributed by atoms with Gasteiger partial charge in [0.2, 0.25) is 0 Å². The lowest BCUT2D eigenvalue weighted by Crippen LogP contribution is -2.38. The van der Waals surface area contributed by atoms with Crippen molar-refractivity contribution in [1.29, 1.82) is 0 Å². The standard InChI is InChI=1S/C31H28ClN5O/c1-3-22-11-13-23(14-12-22)29-28-10-7-19-35(28)30-27(21(2)34-37(30)26-8-5-4-6-9-26)20-36(29)31(38)33-25-17-15-24(32)16-18-25/h4-19,29H,3,20H2,1-2H3,(H,33,38)/t29-/m1/s1. The van der Waals surface area contributed by atoms with Crippen molar-refractivity contribution in [2.24, 2.45) is 0 Å². The molecule has 7 heteroatoms. The molecule has 1 aliphatic rings. The highest BCUT2D eigenvalue weighted by Gasteiger charge is 2.36. The molecule has 3 heterocycles. The van der Waals surface area contributed by atoms with Crippen molar-refractivity contribution < 1.29 is 4.79 Å². The van der Waals surface area contributed by atoms with Crippen molar-refractivity contribution in [2.45, 2.75) is 32.9 Å². The fraction of sp³-hybridized carbons (Fsp3) is 0.161. The Kier molecular flexibility index (Phi) is 6.26. The monoisotopic (exact) mass is 521 g/mol. The number of urea groups is 1. The summed E-state index contributed by atoms with van der Waals surface area (Å²) in [6.07, 6.45) is 3.02. The van der Waals surface area contributed by atoms with Crippen molar-refractivity contribution in [2.75, 3.05) is 5.32 Å². The van der Waals surface area contributed by atoms with Gasteiger partial charge in [0, 0.05) is 22.5 Å². The molecule has 0 radical (unpaired) electrons. The van der Waals surface area contributed by atoms with E-state index in [-0.39, 0.29) is 12.1 Å². The molecule has 1 aliphatic heterocycles. The van der Waals surface area contributed by atoms with Crippen LogP contribution in [0.4, 0.5) is 10.5 Å². The van der Waals surface area contributed by atoms with Gasteiger partial charge in [-0.3, -0.25) is 0 Å². The third kappa shape index (κ3) is 4.27. The molecule has 0 fully saturated rings. The first-order valence-electron chi connectivity index (χ1n) is 12.8. The Hall–Kier alpha value is -4.29. The number of hydrogen-bond acceptors (Lipinski definition) is 2. The number of para-hydroxylation sites is 1. The van der Waals surface area contributed by atoms with Gasteiger partial charge in [-0.25, -0.2) is 9.48 Å². The number of aryl methyl sites for hydroxylation is 2. The Morgan fingerprint density at radius 3 is 2.42 bits per heavy atom. The van der Waals surface area contributed by atoms with E-state index in [0.717, 1.165) is 40.4 Å². The van der Waals surface area contributed by atoms with E-state index in [0.29, 0.717) is 17.3 Å². The quantitative estimate of drug-likeness (QED) is 0.269. The maximum Gasteiger partial charge on any atom is 0.322 e. The van der Waals surface area contributed by atoms with Crippen LogP contribution in [0.25, 0.3) is 11.5 Å². The topological polar surface area (TPSA) is 55.1 Å². The van der Waals surface area contributed by atoms with Crippen LogP contribution in [-0.4, -0.2) is 25.3 Å². The Bertz CT molecular complexity index is 1590. The van der Waals surface area contributed by atoms with E-state index in [4.69, 9.17) is 16.7 Å². The average Bonchev–Trinajstić information content (AvgIpc) is 3.51. The van der Waals surface area contributed by atoms with Crippen LogP contribution in [-0.2, 0) is 13.0 Å². The smallest absolute Gasteiger partial charge is 0.308 e. The Morgan fingerprint density at radius 2 is 1.71 bits per heavy atom. The molecule has 0 spiro atoms. The number of fused-ring (bicyclic) bond motifs is 3. The Balaban J connectivity index is 1.52. The number of amides is 2. The second-order valence-corrected chi connectivity index (χ2v) is 9.94. The summed E-state index contributed by atoms with van der Waals surface area (Å²) in [6.45, 7) is 4.55. The molecule has 0 aliphatic carbocycles. The second-order valence-electron chi connectivity index (χ2n) is 9.50. The van der Waals surface area contributed by atoms with Crippen LogP contribution < -0.4 is 5.32 Å². The van der Waals surface area contributed by atoms with Gasteiger partial charge in [0.1, 0.15) is 5.82 Å². The van der Waals surface area contributed by atoms with Gasteiger partial charge < -0.3 is 14.8 Å². The Labute approximate surface area is 227 Å². The molecule has 190 valence electrons. The SMILES string of the molecule is CCc1ccc([C@@H]2c3cccn3-c3c(c(C)nn3-c3ccccc3)CN2C(=O)Nc2ccc(Cl)cc2)cc1. The third-order valence-electron chi connectivity index (χ3n) is 7.15. The van der Waals surface area contributed by atoms with Crippen LogP contribution in [0.15, 0.2) is 97.2 Å². The first-order chi connectivity index (χ1) is 18.5. The number of nitrogens with one attached hydrogen (secondary N) is 1. The van der Waals surface area contributed by atoms with Crippen molar-refractivity contribution in [3.8, 4) is 11.5 Å². The van der Waals surface area contributed by atoms with Gasteiger partial charge in [-0.1, -0.05) is 61.0 Å². The molecule has 2 aromatic heterocycles. The van der Waals surface area contributed by atoms with Crippen LogP contribution in [0.5, 0.6) is 0 Å². The van der Waals surface area contributed by atoms with Gasteiger partial charge in [0.05, 0.1) is 29.7 Å². The summed E-state index contributed by atoms with van der Waals surface area (Å²) in [5.41, 5.74) is 6.86. The van der Waals surface area contributed by atoms with Crippen molar-refractivity contribution in [1.82, 2.24) is 19.2 Å². The molecule has 38 heavy (non-hydrogen) atoms. The molecule has 1 N–H and O–H groups in total. The largest absolute Gasteiger partial charge is 0.322 e. The van der Waals surface area contributed by atoms with Gasteiger partial charge in [-0.05, 0) is 73.0 Å². The highest BCUT2D eigenvalue weighted by molar-refractivity contribution is 6.30. The summed E-state index contributed by atoms with van der Waals surface area (Å²) in [7, 11) is 0. The molecule has 2 amide bonds. The average molecular weight is 522 g/mol. The molecular weight excluding hydrogens is 494 g/mol. The summed E-state index contributed by atoms with van der Waals surface area (Å²) in [5, 5.41) is 8.63. The molecule has 6 nitrogen and oxygen atoms in total. The molecule has 0 unspecified atom stereocenters. The van der Waals surface area contributed by atoms with E-state index in [9.17, 15) is 4.79 Å². The minimum absolute atomic E-state index is 0.190. The number of anilines is 1. The summed E-state index contributed by atoms with van der Waals surface area (Å²) in [5.74, 6) is 0.950. The fourth-order valence-corrected chi connectivity index (χ4v) is 5.29. The van der Waals surface area contributed by atoms with Gasteiger partial charge >= 0.3 is 6.03 Å². The van der Waals surface area contributed by atoms with Gasteiger partial charge in [-0.2, -0.15) is 5.10 Å². The number of hydrogen-bond donors (Lipinski definition) is 1. The van der Waals surface area contributed by atoms with Crippen LogP contribution in [0, 0.1) is 6.92 Å². The zero-order chi connectivity index (χ0) is 26.2. The molecule has 1 atom stereocenters. The zero-order valence-electron chi connectivity index (χ0n) is 21.3. The van der Waals surface area contributed by atoms with E-state index in [2.05, 4.69) is 53.3 Å². The van der Waals surface area contributed by atoms with Gasteiger partial charge in [0.25, 0.3) is 0 Å². The van der Waals surface area contributed by atoms with Gasteiger partial charge in [0.15, 0.2) is 0 Å². The van der Waals surface area contributed by atoms with Crippen LogP contribution >= 0.6 is 11.6 Å². The molecule has 3 aromatic carbocycles. The van der Waals surface area contributed by atoms with E-state index >= 15 is 0 Å². The molecule has 0 saturated carbocycles. The van der Waals surface area contributed by atoms with Crippen molar-refractivity contribution in [3.63, 3.8) is 0 Å². The first-order valence-corrected chi connectivity index (χ1v) is 13.1. The molecule has 6 rings (SSSR count). The number of carbonyl (C=O) groups excluding carboxylic acids is 1. The number of nitrogens with zero attached hydrogens (tertiary/aromatic N) is 4. The molecule has 0 bridgehead atoms. The number of carbonyl (C=O) groups is 1. The van der Waals surface area contributed by atoms with E-state index in [1.54, 1.807) is 12.1 Å². The first kappa shape index (κ1) is 24.1. The minimum atomic E-state index is -0.306. The number of aromatic nitrogens is 3. The molecular formula is C31H28ClN5O. The minimum Gasteiger partial charge on any atom is -0.308 e. The molecule has 5 aromatic rings. The maximum absolute atomic E-state index is 14.0. The third-order valence-corrected chi connectivity index (χ3v) is 7.40. The highest BCUT2D eigenvalue weighted by atomic mass is 35.5. The normalized spacial score (nSPS) is 14.5. The predicted molar refractivity (Wildman–Crippen MR) is 151 cm³/mol. The van der Waals surface area contributed by atoms with Crippen molar-refractivity contribution >= 4 is 23.3 Å². The lowest BCUT2D eigenvalue weighted by Gasteiger charge is -2.31. The van der Waals surface area contributed by atoms with Crippen molar-refractivity contribution in [3.05, 3.63) is 130 Å². The van der Waals surface area contributed by atoms with E-state index in [1.807, 2.05) is 65.0 Å². The van der Waals surface area contributed by atoms with Crippen LogP contribution in [0.1, 0.15) is 41.0 Å². The highest BCUT2D eigenvalue weighted by Crippen LogP contribution is 2.38. The number of rotatable bonds is 4. The fourth-order valence-electron chi connectivity index (χ4n) is 5.16. The number of benzene rings is 3. The van der Waals surface area contributed by atoms with E-state index < -0.39 is 0 Å². The molecule has 0 saturated heterocycles. The lowest BCUT2D eigenvalue weighted by atomic mass is 9.99. The van der Waals surface area contributed by atoms with Gasteiger partial charge in [-0.15, -0.1) is 0 Å². The summed E-state index contributed by atoms with van der Waals surface area (Å²) >= 11 is 6.08. The van der Waals surface area contributed by atoms with E-state index in [1.165, 1.54) is 5.56 Å². The summed E-state index contributed by atoms with van der Waals surface area (Å²) in [4.78, 5) is 15.9. The maximum atomic E-state index is 14.0. The van der Waals surface area contributed by atoms with Crippen LogP contribution in [0.3, 0.4) is 0 Å².